The van der Waals surface area contributed by atoms with E-state index in [2.05, 4.69) is 4.98 Å². The van der Waals surface area contributed by atoms with E-state index in [4.69, 9.17) is 17.3 Å². The van der Waals surface area contributed by atoms with Gasteiger partial charge >= 0.3 is 0 Å². The topological polar surface area (TPSA) is 60.9 Å². The van der Waals surface area contributed by atoms with E-state index in [0.29, 0.717) is 21.8 Å². The summed E-state index contributed by atoms with van der Waals surface area (Å²) in [6.45, 7) is 0. The average molecular weight is 298 g/mol. The van der Waals surface area contributed by atoms with Crippen molar-refractivity contribution in [3.8, 4) is 5.69 Å². The molecule has 0 spiro atoms. The van der Waals surface area contributed by atoms with Crippen molar-refractivity contribution < 1.29 is 4.79 Å². The van der Waals surface area contributed by atoms with Gasteiger partial charge in [-0.2, -0.15) is 0 Å². The van der Waals surface area contributed by atoms with Crippen molar-refractivity contribution in [2.24, 2.45) is 0 Å². The standard InChI is InChI=1S/C16H12ClN3O/c17-13-8-4-7-12(14(13)20-10-9-19-16(20)18)15(21)11-5-2-1-3-6-11/h1-10H,(H2,18,19). The number of hydrogen-bond donors (Lipinski definition) is 1. The molecule has 0 fully saturated rings. The molecular weight excluding hydrogens is 286 g/mol. The van der Waals surface area contributed by atoms with E-state index in [9.17, 15) is 4.79 Å². The van der Waals surface area contributed by atoms with Gasteiger partial charge in [-0.1, -0.05) is 48.0 Å². The van der Waals surface area contributed by atoms with Gasteiger partial charge < -0.3 is 5.73 Å². The molecule has 2 N–H and O–H groups in total. The van der Waals surface area contributed by atoms with Crippen molar-refractivity contribution in [1.29, 1.82) is 0 Å². The number of imidazole rings is 1. The Morgan fingerprint density at radius 1 is 1.10 bits per heavy atom. The van der Waals surface area contributed by atoms with Crippen LogP contribution in [0.25, 0.3) is 5.69 Å². The Morgan fingerprint density at radius 3 is 2.52 bits per heavy atom. The zero-order chi connectivity index (χ0) is 14.8. The molecule has 4 nitrogen and oxygen atoms in total. The number of carbonyl (C=O) groups excluding carboxylic acids is 1. The maximum atomic E-state index is 12.7. The molecule has 0 radical (unpaired) electrons. The highest BCUT2D eigenvalue weighted by atomic mass is 35.5. The lowest BCUT2D eigenvalue weighted by molar-refractivity contribution is 0.103. The first-order valence-corrected chi connectivity index (χ1v) is 6.73. The van der Waals surface area contributed by atoms with Crippen molar-refractivity contribution in [1.82, 2.24) is 9.55 Å². The molecule has 104 valence electrons. The van der Waals surface area contributed by atoms with E-state index in [1.165, 1.54) is 0 Å². The van der Waals surface area contributed by atoms with Gasteiger partial charge in [-0.05, 0) is 12.1 Å². The van der Waals surface area contributed by atoms with Crippen LogP contribution in [0.2, 0.25) is 5.02 Å². The number of halogens is 1. The van der Waals surface area contributed by atoms with Crippen molar-refractivity contribution in [3.05, 3.63) is 77.1 Å². The minimum atomic E-state index is -0.110. The normalized spacial score (nSPS) is 10.5. The molecule has 1 aromatic heterocycles. The lowest BCUT2D eigenvalue weighted by Crippen LogP contribution is -2.09. The van der Waals surface area contributed by atoms with Crippen molar-refractivity contribution >= 4 is 23.3 Å². The van der Waals surface area contributed by atoms with Crippen LogP contribution in [0.3, 0.4) is 0 Å². The summed E-state index contributed by atoms with van der Waals surface area (Å²) in [5, 5.41) is 0.446. The van der Waals surface area contributed by atoms with Crippen LogP contribution in [0, 0.1) is 0 Å². The Hall–Kier alpha value is -2.59. The highest BCUT2D eigenvalue weighted by Gasteiger charge is 2.18. The van der Waals surface area contributed by atoms with Crippen LogP contribution in [-0.4, -0.2) is 15.3 Å². The number of anilines is 1. The Balaban J connectivity index is 2.19. The number of ketones is 1. The number of nitrogen functional groups attached to an aromatic ring is 1. The molecule has 0 aliphatic carbocycles. The molecule has 5 heteroatoms. The van der Waals surface area contributed by atoms with Gasteiger partial charge in [0.15, 0.2) is 5.78 Å². The van der Waals surface area contributed by atoms with E-state index in [-0.39, 0.29) is 11.7 Å². The molecule has 2 aromatic carbocycles. The van der Waals surface area contributed by atoms with Gasteiger partial charge in [-0.15, -0.1) is 0 Å². The minimum Gasteiger partial charge on any atom is -0.369 e. The van der Waals surface area contributed by atoms with Gasteiger partial charge in [-0.3, -0.25) is 9.36 Å². The fraction of sp³-hybridized carbons (Fsp3) is 0. The SMILES string of the molecule is Nc1nccn1-c1c(Cl)cccc1C(=O)c1ccccc1. The van der Waals surface area contributed by atoms with Crippen LogP contribution in [0.15, 0.2) is 60.9 Å². The van der Waals surface area contributed by atoms with Crippen molar-refractivity contribution in [2.75, 3.05) is 5.73 Å². The molecular formula is C16H12ClN3O. The van der Waals surface area contributed by atoms with E-state index >= 15 is 0 Å². The van der Waals surface area contributed by atoms with Crippen molar-refractivity contribution in [3.63, 3.8) is 0 Å². The van der Waals surface area contributed by atoms with Crippen molar-refractivity contribution in [2.45, 2.75) is 0 Å². The number of rotatable bonds is 3. The summed E-state index contributed by atoms with van der Waals surface area (Å²) in [6.07, 6.45) is 3.24. The summed E-state index contributed by atoms with van der Waals surface area (Å²) in [5.74, 6) is 0.173. The molecule has 3 aromatic rings. The molecule has 0 saturated carbocycles. The second-order valence-electron chi connectivity index (χ2n) is 4.49. The number of nitrogens with zero attached hydrogens (tertiary/aromatic N) is 2. The molecule has 0 bridgehead atoms. The first-order chi connectivity index (χ1) is 10.2. The number of aromatic nitrogens is 2. The predicted octanol–water partition coefficient (Wildman–Crippen LogP) is 3.34. The maximum absolute atomic E-state index is 12.7. The van der Waals surface area contributed by atoms with Crippen LogP contribution in [-0.2, 0) is 0 Å². The Kier molecular flexibility index (Phi) is 3.46. The average Bonchev–Trinajstić information content (AvgIpc) is 2.93. The third kappa shape index (κ3) is 2.41. The summed E-state index contributed by atoms with van der Waals surface area (Å²) >= 11 is 6.27. The number of nitrogens with two attached hydrogens (primary N) is 1. The molecule has 1 heterocycles. The molecule has 0 aliphatic rings. The minimum absolute atomic E-state index is 0.110. The van der Waals surface area contributed by atoms with Crippen LogP contribution in [0.5, 0.6) is 0 Å². The lowest BCUT2D eigenvalue weighted by atomic mass is 10.0. The fourth-order valence-corrected chi connectivity index (χ4v) is 2.46. The number of benzene rings is 2. The Bertz CT molecular complexity index is 796. The summed E-state index contributed by atoms with van der Waals surface area (Å²) < 4.78 is 1.61. The first kappa shape index (κ1) is 13.4. The summed E-state index contributed by atoms with van der Waals surface area (Å²) in [7, 11) is 0. The van der Waals surface area contributed by atoms with Crippen LogP contribution in [0.4, 0.5) is 5.95 Å². The number of hydrogen-bond acceptors (Lipinski definition) is 3. The number of carbonyl (C=O) groups is 1. The highest BCUT2D eigenvalue weighted by molar-refractivity contribution is 6.33. The fourth-order valence-electron chi connectivity index (χ4n) is 2.19. The zero-order valence-corrected chi connectivity index (χ0v) is 11.8. The maximum Gasteiger partial charge on any atom is 0.204 e. The van der Waals surface area contributed by atoms with Crippen LogP contribution >= 0.6 is 11.6 Å². The smallest absolute Gasteiger partial charge is 0.204 e. The molecule has 0 atom stereocenters. The van der Waals surface area contributed by atoms with E-state index in [1.807, 2.05) is 18.2 Å². The summed E-state index contributed by atoms with van der Waals surface area (Å²) in [5.41, 5.74) is 7.46. The van der Waals surface area contributed by atoms with Gasteiger partial charge in [0.2, 0.25) is 5.95 Å². The quantitative estimate of drug-likeness (QED) is 0.754. The summed E-state index contributed by atoms with van der Waals surface area (Å²) in [4.78, 5) is 16.7. The lowest BCUT2D eigenvalue weighted by Gasteiger charge is -2.12. The molecule has 3 rings (SSSR count). The third-order valence-corrected chi connectivity index (χ3v) is 3.48. The largest absolute Gasteiger partial charge is 0.369 e. The predicted molar refractivity (Wildman–Crippen MR) is 82.9 cm³/mol. The second-order valence-corrected chi connectivity index (χ2v) is 4.89. The summed E-state index contributed by atoms with van der Waals surface area (Å²) in [6, 6.07) is 14.2. The van der Waals surface area contributed by atoms with Gasteiger partial charge in [0.1, 0.15) is 0 Å². The van der Waals surface area contributed by atoms with Crippen LogP contribution < -0.4 is 5.73 Å². The zero-order valence-electron chi connectivity index (χ0n) is 11.0. The third-order valence-electron chi connectivity index (χ3n) is 3.18. The molecule has 0 saturated heterocycles. The highest BCUT2D eigenvalue weighted by Crippen LogP contribution is 2.28. The van der Waals surface area contributed by atoms with Gasteiger partial charge in [-0.25, -0.2) is 4.98 Å². The number of para-hydroxylation sites is 1. The second kappa shape index (κ2) is 5.42. The van der Waals surface area contributed by atoms with E-state index in [1.54, 1.807) is 47.3 Å². The van der Waals surface area contributed by atoms with Gasteiger partial charge in [0, 0.05) is 23.5 Å². The molecule has 0 amide bonds. The molecule has 0 aliphatic heterocycles. The van der Waals surface area contributed by atoms with Crippen LogP contribution in [0.1, 0.15) is 15.9 Å². The Morgan fingerprint density at radius 2 is 1.86 bits per heavy atom. The van der Waals surface area contributed by atoms with E-state index in [0.717, 1.165) is 0 Å². The molecule has 21 heavy (non-hydrogen) atoms. The first-order valence-electron chi connectivity index (χ1n) is 6.36. The van der Waals surface area contributed by atoms with Gasteiger partial charge in [0.05, 0.1) is 10.7 Å². The van der Waals surface area contributed by atoms with E-state index < -0.39 is 0 Å². The Labute approximate surface area is 126 Å². The van der Waals surface area contributed by atoms with Gasteiger partial charge in [0.25, 0.3) is 0 Å². The molecule has 0 unspecified atom stereocenters. The monoisotopic (exact) mass is 297 g/mol.